The van der Waals surface area contributed by atoms with Gasteiger partial charge in [0.25, 0.3) is 0 Å². The zero-order chi connectivity index (χ0) is 18.0. The van der Waals surface area contributed by atoms with E-state index in [0.717, 1.165) is 11.8 Å². The van der Waals surface area contributed by atoms with Gasteiger partial charge in [-0.05, 0) is 24.6 Å². The van der Waals surface area contributed by atoms with Crippen LogP contribution in [0.15, 0.2) is 42.5 Å². The molecule has 1 saturated heterocycles. The van der Waals surface area contributed by atoms with Gasteiger partial charge in [-0.3, -0.25) is 9.59 Å². The summed E-state index contributed by atoms with van der Waals surface area (Å²) >= 11 is 5.51. The third-order valence-electron chi connectivity index (χ3n) is 4.16. The van der Waals surface area contributed by atoms with Crippen LogP contribution in [0, 0.1) is 17.6 Å². The van der Waals surface area contributed by atoms with Crippen LogP contribution in [0.4, 0.5) is 14.5 Å². The Morgan fingerprint density at radius 3 is 2.64 bits per heavy atom. The Hall–Kier alpha value is -2.47. The fourth-order valence-electron chi connectivity index (χ4n) is 2.80. The fraction of sp³-hybridized carbons (Fsp3) is 0.222. The summed E-state index contributed by atoms with van der Waals surface area (Å²) in [7, 11) is 0. The molecule has 0 aromatic heterocycles. The molecule has 0 saturated carbocycles. The molecule has 1 atom stereocenters. The number of rotatable bonds is 4. The molecule has 0 spiro atoms. The van der Waals surface area contributed by atoms with Gasteiger partial charge in [-0.25, -0.2) is 8.78 Å². The maximum atomic E-state index is 13.9. The lowest BCUT2D eigenvalue weighted by Gasteiger charge is -2.16. The molecular weight excluding hydrogens is 350 g/mol. The van der Waals surface area contributed by atoms with Gasteiger partial charge >= 0.3 is 0 Å². The van der Waals surface area contributed by atoms with Crippen molar-refractivity contribution in [1.29, 1.82) is 0 Å². The van der Waals surface area contributed by atoms with Crippen molar-refractivity contribution in [1.82, 2.24) is 5.32 Å². The summed E-state index contributed by atoms with van der Waals surface area (Å²) in [4.78, 5) is 26.3. The monoisotopic (exact) mass is 364 g/mol. The Morgan fingerprint density at radius 1 is 1.20 bits per heavy atom. The van der Waals surface area contributed by atoms with Crippen molar-refractivity contribution in [2.24, 2.45) is 5.92 Å². The van der Waals surface area contributed by atoms with E-state index in [1.54, 1.807) is 17.0 Å². The van der Waals surface area contributed by atoms with Gasteiger partial charge in [0.05, 0.1) is 0 Å². The standard InChI is InChI=1S/C18H15ClF2N2O2/c19-15-14(20)7-6-11(16(15)21)10-22-17(24)13-8-9-23(18(13)25)12-4-2-1-3-5-12/h1-7,13H,8-10H2,(H,22,24). The minimum absolute atomic E-state index is 0.0603. The normalized spacial score (nSPS) is 17.0. The highest BCUT2D eigenvalue weighted by molar-refractivity contribution is 6.30. The number of carbonyl (C=O) groups is 2. The lowest BCUT2D eigenvalue weighted by Crippen LogP contribution is -2.36. The van der Waals surface area contributed by atoms with E-state index >= 15 is 0 Å². The van der Waals surface area contributed by atoms with Crippen molar-refractivity contribution in [3.05, 3.63) is 64.7 Å². The third kappa shape index (κ3) is 3.49. The molecule has 1 aliphatic heterocycles. The Kier molecular flexibility index (Phi) is 4.99. The molecule has 0 radical (unpaired) electrons. The smallest absolute Gasteiger partial charge is 0.239 e. The highest BCUT2D eigenvalue weighted by Crippen LogP contribution is 2.26. The van der Waals surface area contributed by atoms with E-state index in [1.165, 1.54) is 6.07 Å². The molecule has 2 aromatic rings. The quantitative estimate of drug-likeness (QED) is 0.668. The summed E-state index contributed by atoms with van der Waals surface area (Å²) in [6, 6.07) is 11.3. The summed E-state index contributed by atoms with van der Waals surface area (Å²) in [5, 5.41) is 1.91. The molecule has 130 valence electrons. The van der Waals surface area contributed by atoms with E-state index in [1.807, 2.05) is 18.2 Å². The van der Waals surface area contributed by atoms with Crippen LogP contribution in [0.5, 0.6) is 0 Å². The van der Waals surface area contributed by atoms with Crippen molar-refractivity contribution in [3.8, 4) is 0 Å². The van der Waals surface area contributed by atoms with E-state index in [-0.39, 0.29) is 18.0 Å². The molecule has 25 heavy (non-hydrogen) atoms. The second-order valence-corrected chi connectivity index (χ2v) is 6.10. The van der Waals surface area contributed by atoms with Crippen LogP contribution >= 0.6 is 11.6 Å². The molecule has 4 nitrogen and oxygen atoms in total. The zero-order valence-corrected chi connectivity index (χ0v) is 13.9. The Labute approximate surface area is 148 Å². The van der Waals surface area contributed by atoms with Gasteiger partial charge in [-0.15, -0.1) is 0 Å². The number of nitrogens with zero attached hydrogens (tertiary/aromatic N) is 1. The van der Waals surface area contributed by atoms with E-state index in [2.05, 4.69) is 5.32 Å². The minimum Gasteiger partial charge on any atom is -0.351 e. The molecule has 1 heterocycles. The third-order valence-corrected chi connectivity index (χ3v) is 4.50. The Balaban J connectivity index is 1.65. The number of carbonyl (C=O) groups excluding carboxylic acids is 2. The van der Waals surface area contributed by atoms with Gasteiger partial charge < -0.3 is 10.2 Å². The van der Waals surface area contributed by atoms with Gasteiger partial charge in [-0.2, -0.15) is 0 Å². The first-order valence-electron chi connectivity index (χ1n) is 7.75. The second-order valence-electron chi connectivity index (χ2n) is 5.72. The van der Waals surface area contributed by atoms with Gasteiger partial charge in [0, 0.05) is 24.3 Å². The van der Waals surface area contributed by atoms with Crippen LogP contribution in [0.25, 0.3) is 0 Å². The number of amides is 2. The number of benzene rings is 2. The summed E-state index contributed by atoms with van der Waals surface area (Å²) in [6.45, 7) is 0.275. The topological polar surface area (TPSA) is 49.4 Å². The molecule has 1 N–H and O–H groups in total. The lowest BCUT2D eigenvalue weighted by atomic mass is 10.1. The van der Waals surface area contributed by atoms with Crippen molar-refractivity contribution >= 4 is 29.1 Å². The van der Waals surface area contributed by atoms with Crippen molar-refractivity contribution in [2.75, 3.05) is 11.4 Å². The van der Waals surface area contributed by atoms with Gasteiger partial charge in [0.2, 0.25) is 11.8 Å². The first-order chi connectivity index (χ1) is 12.0. The summed E-state index contributed by atoms with van der Waals surface area (Å²) in [6.07, 6.45) is 0.381. The molecule has 2 amide bonds. The predicted molar refractivity (Wildman–Crippen MR) is 90.1 cm³/mol. The van der Waals surface area contributed by atoms with Crippen LogP contribution in [0.3, 0.4) is 0 Å². The molecule has 1 unspecified atom stereocenters. The maximum Gasteiger partial charge on any atom is 0.239 e. The minimum atomic E-state index is -0.911. The SMILES string of the molecule is O=C(NCc1ccc(F)c(Cl)c1F)C1CCN(c2ccccc2)C1=O. The first-order valence-corrected chi connectivity index (χ1v) is 8.13. The Morgan fingerprint density at radius 2 is 1.92 bits per heavy atom. The van der Waals surface area contributed by atoms with E-state index < -0.39 is 28.5 Å². The first kappa shape index (κ1) is 17.4. The molecule has 1 fully saturated rings. The number of hydrogen-bond acceptors (Lipinski definition) is 2. The van der Waals surface area contributed by atoms with Gasteiger partial charge in [0.1, 0.15) is 22.6 Å². The molecule has 3 rings (SSSR count). The van der Waals surface area contributed by atoms with E-state index in [4.69, 9.17) is 11.6 Å². The summed E-state index contributed by atoms with van der Waals surface area (Å²) in [5.41, 5.74) is 0.796. The molecule has 1 aliphatic rings. The average Bonchev–Trinajstić information content (AvgIpc) is 3.01. The molecular formula is C18H15ClF2N2O2. The van der Waals surface area contributed by atoms with Gasteiger partial charge in [0.15, 0.2) is 0 Å². The number of anilines is 1. The second kappa shape index (κ2) is 7.19. The number of para-hydroxylation sites is 1. The largest absolute Gasteiger partial charge is 0.351 e. The fourth-order valence-corrected chi connectivity index (χ4v) is 2.98. The molecule has 2 aromatic carbocycles. The van der Waals surface area contributed by atoms with Crippen molar-refractivity contribution < 1.29 is 18.4 Å². The number of halogens is 3. The highest BCUT2D eigenvalue weighted by Gasteiger charge is 2.37. The highest BCUT2D eigenvalue weighted by atomic mass is 35.5. The average molecular weight is 365 g/mol. The predicted octanol–water partition coefficient (Wildman–Crippen LogP) is 3.29. The zero-order valence-electron chi connectivity index (χ0n) is 13.1. The number of hydrogen-bond donors (Lipinski definition) is 1. The lowest BCUT2D eigenvalue weighted by molar-refractivity contribution is -0.132. The molecule has 0 bridgehead atoms. The number of nitrogens with one attached hydrogen (secondary N) is 1. The molecule has 7 heteroatoms. The summed E-state index contributed by atoms with van der Waals surface area (Å²) < 4.78 is 27.0. The van der Waals surface area contributed by atoms with Gasteiger partial charge in [-0.1, -0.05) is 35.9 Å². The van der Waals surface area contributed by atoms with Crippen LogP contribution < -0.4 is 10.2 Å². The van der Waals surface area contributed by atoms with E-state index in [9.17, 15) is 18.4 Å². The van der Waals surface area contributed by atoms with E-state index in [0.29, 0.717) is 13.0 Å². The van der Waals surface area contributed by atoms with Crippen molar-refractivity contribution in [3.63, 3.8) is 0 Å². The van der Waals surface area contributed by atoms with Crippen LogP contribution in [-0.2, 0) is 16.1 Å². The Bertz CT molecular complexity index is 814. The maximum absolute atomic E-state index is 13.9. The summed E-state index contributed by atoms with van der Waals surface area (Å²) in [5.74, 6) is -3.37. The van der Waals surface area contributed by atoms with Crippen LogP contribution in [0.1, 0.15) is 12.0 Å². The van der Waals surface area contributed by atoms with Crippen molar-refractivity contribution in [2.45, 2.75) is 13.0 Å². The van der Waals surface area contributed by atoms with Crippen LogP contribution in [-0.4, -0.2) is 18.4 Å². The van der Waals surface area contributed by atoms with Crippen LogP contribution in [0.2, 0.25) is 5.02 Å². The molecule has 0 aliphatic carbocycles.